The second-order valence-electron chi connectivity index (χ2n) is 8.59. The van der Waals surface area contributed by atoms with Gasteiger partial charge in [-0.3, -0.25) is 4.79 Å². The van der Waals surface area contributed by atoms with Crippen molar-refractivity contribution in [3.8, 4) is 0 Å². The molecule has 4 aliphatic heterocycles. The number of ketones is 1. The van der Waals surface area contributed by atoms with Gasteiger partial charge in [-0.15, -0.1) is 0 Å². The third kappa shape index (κ3) is 4.60. The second-order valence-corrected chi connectivity index (χ2v) is 12.0. The van der Waals surface area contributed by atoms with E-state index in [1.807, 2.05) is 23.5 Å². The summed E-state index contributed by atoms with van der Waals surface area (Å²) in [4.78, 5) is 13.7. The molecular weight excluding hydrogens is 444 g/mol. The summed E-state index contributed by atoms with van der Waals surface area (Å²) >= 11 is 5.48. The Hall–Kier alpha value is 0.520. The molecule has 0 saturated carbocycles. The molecule has 172 valence electrons. The molecule has 4 heterocycles. The first-order valence-electron chi connectivity index (χ1n) is 10.9. The number of ether oxygens (including phenoxy) is 4. The molecule has 0 amide bonds. The standard InChI is InChI=1S/C21H34O6S3/c1-24-17-3-7-28-9-13(17)20(25-2)15-11-30-10-14(18(15)22)19(23)16-12-29-8-4-21(16)26-5-6-27-21/h13-17,19-20,23H,3-12H2,1-2H3/t13-,14-,15-,16-,17-,19+,20-/m0/s1. The van der Waals surface area contributed by atoms with Crippen LogP contribution in [0.1, 0.15) is 12.8 Å². The van der Waals surface area contributed by atoms with E-state index in [2.05, 4.69) is 0 Å². The van der Waals surface area contributed by atoms with Crippen molar-refractivity contribution < 1.29 is 28.8 Å². The average molecular weight is 479 g/mol. The Kier molecular flexibility index (Phi) is 8.39. The van der Waals surface area contributed by atoms with Gasteiger partial charge in [0.05, 0.1) is 43.4 Å². The summed E-state index contributed by atoms with van der Waals surface area (Å²) in [6.45, 7) is 1.13. The zero-order valence-corrected chi connectivity index (χ0v) is 20.3. The number of carbonyl (C=O) groups excluding carboxylic acids is 1. The highest BCUT2D eigenvalue weighted by atomic mass is 32.2. The van der Waals surface area contributed by atoms with Crippen LogP contribution in [0.4, 0.5) is 0 Å². The van der Waals surface area contributed by atoms with Crippen molar-refractivity contribution in [1.82, 2.24) is 0 Å². The number of carbonyl (C=O) groups is 1. The smallest absolute Gasteiger partial charge is 0.175 e. The molecule has 0 aliphatic carbocycles. The maximum absolute atomic E-state index is 13.7. The van der Waals surface area contributed by atoms with Gasteiger partial charge in [0.25, 0.3) is 0 Å². The SMILES string of the molecule is CO[C@@H]([C@H]1CSCC[C@@H]1OC)[C@H]1CSC[C@H]([C@@H](O)[C@@H]2CSCCC23OCCO3)C1=O. The van der Waals surface area contributed by atoms with E-state index in [0.29, 0.717) is 19.0 Å². The Labute approximate surface area is 192 Å². The van der Waals surface area contributed by atoms with Crippen LogP contribution in [0.5, 0.6) is 0 Å². The molecule has 4 aliphatic rings. The molecule has 9 heteroatoms. The molecule has 30 heavy (non-hydrogen) atoms. The third-order valence-electron chi connectivity index (χ3n) is 7.11. The van der Waals surface area contributed by atoms with Gasteiger partial charge < -0.3 is 24.1 Å². The number of aliphatic hydroxyl groups is 1. The maximum Gasteiger partial charge on any atom is 0.175 e. The van der Waals surface area contributed by atoms with Crippen molar-refractivity contribution in [2.75, 3.05) is 62.0 Å². The second kappa shape index (κ2) is 10.6. The molecule has 4 rings (SSSR count). The zero-order valence-electron chi connectivity index (χ0n) is 17.8. The van der Waals surface area contributed by atoms with Gasteiger partial charge in [0.15, 0.2) is 5.79 Å². The lowest BCUT2D eigenvalue weighted by atomic mass is 9.76. The number of Topliss-reactive ketones (excluding diaryl/α,β-unsaturated/α-hetero) is 1. The summed E-state index contributed by atoms with van der Waals surface area (Å²) in [5.41, 5.74) is 0. The lowest BCUT2D eigenvalue weighted by Crippen LogP contribution is -2.56. The van der Waals surface area contributed by atoms with Crippen molar-refractivity contribution in [3.05, 3.63) is 0 Å². The maximum atomic E-state index is 13.7. The van der Waals surface area contributed by atoms with Crippen molar-refractivity contribution >= 4 is 41.1 Å². The molecule has 1 N–H and O–H groups in total. The van der Waals surface area contributed by atoms with Crippen LogP contribution in [0.25, 0.3) is 0 Å². The molecule has 0 unspecified atom stereocenters. The van der Waals surface area contributed by atoms with Crippen LogP contribution in [0.15, 0.2) is 0 Å². The van der Waals surface area contributed by atoms with Gasteiger partial charge in [-0.05, 0) is 17.9 Å². The lowest BCUT2D eigenvalue weighted by molar-refractivity contribution is -0.218. The predicted molar refractivity (Wildman–Crippen MR) is 122 cm³/mol. The predicted octanol–water partition coefficient (Wildman–Crippen LogP) is 2.17. The van der Waals surface area contributed by atoms with Crippen LogP contribution >= 0.6 is 35.3 Å². The van der Waals surface area contributed by atoms with E-state index in [1.165, 1.54) is 0 Å². The summed E-state index contributed by atoms with van der Waals surface area (Å²) in [6.07, 6.45) is 0.952. The van der Waals surface area contributed by atoms with Crippen LogP contribution in [-0.4, -0.2) is 96.9 Å². The van der Waals surface area contributed by atoms with Crippen molar-refractivity contribution in [2.45, 2.75) is 36.9 Å². The van der Waals surface area contributed by atoms with Gasteiger partial charge in [0.1, 0.15) is 5.78 Å². The minimum Gasteiger partial charge on any atom is -0.392 e. The molecular formula is C21H34O6S3. The average Bonchev–Trinajstić information content (AvgIpc) is 3.24. The normalized spacial score (nSPS) is 39.2. The lowest BCUT2D eigenvalue weighted by Gasteiger charge is -2.45. The first kappa shape index (κ1) is 23.7. The molecule has 4 saturated heterocycles. The molecule has 0 aromatic carbocycles. The third-order valence-corrected chi connectivity index (χ3v) is 10.5. The van der Waals surface area contributed by atoms with Crippen LogP contribution in [-0.2, 0) is 23.7 Å². The first-order valence-corrected chi connectivity index (χ1v) is 14.4. The summed E-state index contributed by atoms with van der Waals surface area (Å²) in [5.74, 6) is 3.97. The monoisotopic (exact) mass is 478 g/mol. The Bertz CT molecular complexity index is 587. The van der Waals surface area contributed by atoms with Gasteiger partial charge in [-0.1, -0.05) is 0 Å². The number of rotatable bonds is 6. The van der Waals surface area contributed by atoms with Crippen LogP contribution in [0.3, 0.4) is 0 Å². The Morgan fingerprint density at radius 2 is 1.77 bits per heavy atom. The summed E-state index contributed by atoms with van der Waals surface area (Å²) in [7, 11) is 3.47. The zero-order chi connectivity index (χ0) is 21.1. The van der Waals surface area contributed by atoms with Crippen molar-refractivity contribution in [2.24, 2.45) is 23.7 Å². The van der Waals surface area contributed by atoms with E-state index < -0.39 is 17.8 Å². The van der Waals surface area contributed by atoms with Crippen molar-refractivity contribution in [3.63, 3.8) is 0 Å². The topological polar surface area (TPSA) is 74.2 Å². The first-order chi connectivity index (χ1) is 14.6. The van der Waals surface area contributed by atoms with E-state index in [1.54, 1.807) is 26.0 Å². The Morgan fingerprint density at radius 1 is 1.03 bits per heavy atom. The summed E-state index contributed by atoms with van der Waals surface area (Å²) < 4.78 is 23.7. The highest BCUT2D eigenvalue weighted by Gasteiger charge is 2.54. The molecule has 0 bridgehead atoms. The van der Waals surface area contributed by atoms with Crippen LogP contribution < -0.4 is 0 Å². The van der Waals surface area contributed by atoms with E-state index in [9.17, 15) is 9.90 Å². The Balaban J connectivity index is 1.50. The Morgan fingerprint density at radius 3 is 2.50 bits per heavy atom. The number of hydrogen-bond acceptors (Lipinski definition) is 9. The molecule has 1 spiro atoms. The van der Waals surface area contributed by atoms with E-state index >= 15 is 0 Å². The van der Waals surface area contributed by atoms with Gasteiger partial charge in [0, 0.05) is 55.5 Å². The molecule has 4 fully saturated rings. The molecule has 0 aromatic heterocycles. The number of thioether (sulfide) groups is 3. The summed E-state index contributed by atoms with van der Waals surface area (Å²) in [6, 6.07) is 0. The minimum absolute atomic E-state index is 0.123. The summed E-state index contributed by atoms with van der Waals surface area (Å²) in [5, 5.41) is 11.4. The van der Waals surface area contributed by atoms with Crippen molar-refractivity contribution in [1.29, 1.82) is 0 Å². The number of aliphatic hydroxyl groups excluding tert-OH is 1. The fourth-order valence-electron chi connectivity index (χ4n) is 5.47. The number of methoxy groups -OCH3 is 2. The van der Waals surface area contributed by atoms with Gasteiger partial charge in [-0.2, -0.15) is 35.3 Å². The van der Waals surface area contributed by atoms with Crippen LogP contribution in [0, 0.1) is 23.7 Å². The molecule has 0 aromatic rings. The fourth-order valence-corrected chi connectivity index (χ4v) is 9.37. The number of hydrogen-bond donors (Lipinski definition) is 1. The molecule has 7 atom stereocenters. The van der Waals surface area contributed by atoms with Gasteiger partial charge in [0.2, 0.25) is 0 Å². The van der Waals surface area contributed by atoms with Gasteiger partial charge >= 0.3 is 0 Å². The van der Waals surface area contributed by atoms with Gasteiger partial charge in [-0.25, -0.2) is 0 Å². The molecule has 0 radical (unpaired) electrons. The van der Waals surface area contributed by atoms with E-state index in [4.69, 9.17) is 18.9 Å². The van der Waals surface area contributed by atoms with Crippen LogP contribution in [0.2, 0.25) is 0 Å². The largest absolute Gasteiger partial charge is 0.392 e. The highest BCUT2D eigenvalue weighted by molar-refractivity contribution is 7.99. The molecule has 6 nitrogen and oxygen atoms in total. The van der Waals surface area contributed by atoms with E-state index in [-0.39, 0.29) is 35.7 Å². The minimum atomic E-state index is -0.754. The quantitative estimate of drug-likeness (QED) is 0.618. The highest BCUT2D eigenvalue weighted by Crippen LogP contribution is 2.45. The fraction of sp³-hybridized carbons (Fsp3) is 0.952. The van der Waals surface area contributed by atoms with E-state index in [0.717, 1.165) is 41.6 Å².